The Bertz CT molecular complexity index is 569. The summed E-state index contributed by atoms with van der Waals surface area (Å²) in [6.45, 7) is 5.73. The van der Waals surface area contributed by atoms with E-state index in [1.807, 2.05) is 0 Å². The Morgan fingerprint density at radius 1 is 1.21 bits per heavy atom. The summed E-state index contributed by atoms with van der Waals surface area (Å²) in [5.41, 5.74) is 0.561. The van der Waals surface area contributed by atoms with Crippen molar-refractivity contribution in [3.05, 3.63) is 24.2 Å². The van der Waals surface area contributed by atoms with Gasteiger partial charge in [-0.15, -0.1) is 0 Å². The lowest BCUT2D eigenvalue weighted by Gasteiger charge is -2.37. The minimum atomic E-state index is -0.0981. The molecule has 132 valence electrons. The average Bonchev–Trinajstić information content (AvgIpc) is 3.13. The lowest BCUT2D eigenvalue weighted by molar-refractivity contribution is -0.127. The van der Waals surface area contributed by atoms with Crippen molar-refractivity contribution in [1.82, 2.24) is 10.2 Å². The topological polar surface area (TPSA) is 62.6 Å². The normalized spacial score (nSPS) is 30.8. The molecule has 1 aromatic rings. The second-order valence-corrected chi connectivity index (χ2v) is 7.48. The minimum Gasteiger partial charge on any atom is -0.472 e. The van der Waals surface area contributed by atoms with Gasteiger partial charge < -0.3 is 14.6 Å². The van der Waals surface area contributed by atoms with Gasteiger partial charge >= 0.3 is 0 Å². The summed E-state index contributed by atoms with van der Waals surface area (Å²) in [6, 6.07) is 1.96. The van der Waals surface area contributed by atoms with Crippen molar-refractivity contribution in [2.45, 2.75) is 52.0 Å². The van der Waals surface area contributed by atoms with Crippen molar-refractivity contribution in [2.75, 3.05) is 13.1 Å². The first kappa shape index (κ1) is 17.1. The van der Waals surface area contributed by atoms with Crippen LogP contribution < -0.4 is 5.32 Å². The van der Waals surface area contributed by atoms with E-state index in [4.69, 9.17) is 4.42 Å². The molecule has 24 heavy (non-hydrogen) atoms. The fraction of sp³-hybridized carbons (Fsp3) is 0.684. The van der Waals surface area contributed by atoms with E-state index < -0.39 is 0 Å². The lowest BCUT2D eigenvalue weighted by Crippen LogP contribution is -2.50. The van der Waals surface area contributed by atoms with E-state index in [0.717, 1.165) is 19.3 Å². The highest BCUT2D eigenvalue weighted by molar-refractivity contribution is 5.94. The third-order valence-electron chi connectivity index (χ3n) is 5.88. The summed E-state index contributed by atoms with van der Waals surface area (Å²) < 4.78 is 5.00. The highest BCUT2D eigenvalue weighted by Gasteiger charge is 2.33. The van der Waals surface area contributed by atoms with Crippen LogP contribution in [-0.4, -0.2) is 35.8 Å². The number of nitrogens with one attached hydrogen (secondary N) is 1. The molecule has 1 aliphatic carbocycles. The first-order chi connectivity index (χ1) is 11.6. The number of hydrogen-bond donors (Lipinski definition) is 1. The average molecular weight is 332 g/mol. The van der Waals surface area contributed by atoms with E-state index in [1.165, 1.54) is 25.4 Å². The smallest absolute Gasteiger partial charge is 0.257 e. The molecule has 1 N–H and O–H groups in total. The van der Waals surface area contributed by atoms with Crippen molar-refractivity contribution < 1.29 is 14.0 Å². The van der Waals surface area contributed by atoms with Crippen molar-refractivity contribution in [3.8, 4) is 0 Å². The molecule has 0 unspecified atom stereocenters. The molecule has 2 aliphatic rings. The van der Waals surface area contributed by atoms with Crippen LogP contribution in [0.1, 0.15) is 56.3 Å². The van der Waals surface area contributed by atoms with Gasteiger partial charge in [-0.3, -0.25) is 9.59 Å². The number of rotatable bonds is 3. The quantitative estimate of drug-likeness (QED) is 0.925. The second kappa shape index (κ2) is 7.41. The Morgan fingerprint density at radius 2 is 2.04 bits per heavy atom. The Morgan fingerprint density at radius 3 is 2.79 bits per heavy atom. The zero-order valence-electron chi connectivity index (χ0n) is 14.7. The van der Waals surface area contributed by atoms with E-state index in [2.05, 4.69) is 19.2 Å². The molecule has 5 heteroatoms. The minimum absolute atomic E-state index is 0.0408. The molecule has 5 nitrogen and oxygen atoms in total. The third-order valence-corrected chi connectivity index (χ3v) is 5.88. The largest absolute Gasteiger partial charge is 0.472 e. The number of likely N-dealkylation sites (tertiary alicyclic amines) is 1. The van der Waals surface area contributed by atoms with Crippen molar-refractivity contribution in [1.29, 1.82) is 0 Å². The predicted octanol–water partition coefficient (Wildman–Crippen LogP) is 3.07. The maximum absolute atomic E-state index is 12.7. The molecule has 1 aliphatic heterocycles. The summed E-state index contributed by atoms with van der Waals surface area (Å²) in [6.07, 6.45) is 8.22. The SMILES string of the molecule is C[C@H]1[C@H](C)CCC[C@@H]1NC(=O)[C@H]1CCCN(C(=O)c2ccoc2)C1. The van der Waals surface area contributed by atoms with Crippen LogP contribution in [0.5, 0.6) is 0 Å². The van der Waals surface area contributed by atoms with Crippen LogP contribution in [0.15, 0.2) is 23.0 Å². The molecule has 1 saturated carbocycles. The van der Waals surface area contributed by atoms with Crippen LogP contribution in [0, 0.1) is 17.8 Å². The fourth-order valence-corrected chi connectivity index (χ4v) is 4.03. The molecule has 2 amide bonds. The van der Waals surface area contributed by atoms with Gasteiger partial charge in [0.15, 0.2) is 0 Å². The molecule has 2 heterocycles. The first-order valence-electron chi connectivity index (χ1n) is 9.18. The number of piperidine rings is 1. The van der Waals surface area contributed by atoms with E-state index in [9.17, 15) is 9.59 Å². The second-order valence-electron chi connectivity index (χ2n) is 7.48. The Balaban J connectivity index is 1.58. The van der Waals surface area contributed by atoms with Crippen LogP contribution in [0.25, 0.3) is 0 Å². The number of carbonyl (C=O) groups excluding carboxylic acids is 2. The zero-order chi connectivity index (χ0) is 17.1. The van der Waals surface area contributed by atoms with E-state index in [1.54, 1.807) is 11.0 Å². The van der Waals surface area contributed by atoms with Crippen LogP contribution in [0.2, 0.25) is 0 Å². The van der Waals surface area contributed by atoms with Crippen molar-refractivity contribution >= 4 is 11.8 Å². The Kier molecular flexibility index (Phi) is 5.27. The predicted molar refractivity (Wildman–Crippen MR) is 91.4 cm³/mol. The molecule has 0 radical (unpaired) electrons. The molecular formula is C19H28N2O3. The fourth-order valence-electron chi connectivity index (χ4n) is 4.03. The molecule has 3 rings (SSSR count). The zero-order valence-corrected chi connectivity index (χ0v) is 14.7. The van der Waals surface area contributed by atoms with Gasteiger partial charge in [-0.05, 0) is 37.2 Å². The highest BCUT2D eigenvalue weighted by atomic mass is 16.3. The monoisotopic (exact) mass is 332 g/mol. The first-order valence-corrected chi connectivity index (χ1v) is 9.18. The van der Waals surface area contributed by atoms with Crippen LogP contribution in [-0.2, 0) is 4.79 Å². The molecule has 1 aromatic heterocycles. The van der Waals surface area contributed by atoms with Gasteiger partial charge in [0.1, 0.15) is 6.26 Å². The van der Waals surface area contributed by atoms with Gasteiger partial charge in [-0.1, -0.05) is 26.7 Å². The number of carbonyl (C=O) groups is 2. The number of amides is 2. The summed E-state index contributed by atoms with van der Waals surface area (Å²) in [5, 5.41) is 3.27. The summed E-state index contributed by atoms with van der Waals surface area (Å²) in [7, 11) is 0. The van der Waals surface area contributed by atoms with E-state index in [-0.39, 0.29) is 23.8 Å². The molecule has 0 spiro atoms. The lowest BCUT2D eigenvalue weighted by atomic mass is 9.78. The number of hydrogen-bond acceptors (Lipinski definition) is 3. The Labute approximate surface area is 143 Å². The molecule has 1 saturated heterocycles. The molecule has 4 atom stereocenters. The van der Waals surface area contributed by atoms with Gasteiger partial charge in [0, 0.05) is 19.1 Å². The Hall–Kier alpha value is -1.78. The summed E-state index contributed by atoms with van der Waals surface area (Å²) in [4.78, 5) is 26.9. The van der Waals surface area contributed by atoms with Crippen LogP contribution >= 0.6 is 0 Å². The standard InChI is InChI=1S/C19H28N2O3/c1-13-5-3-7-17(14(13)2)20-18(22)15-6-4-9-21(11-15)19(23)16-8-10-24-12-16/h8,10,12-15,17H,3-7,9,11H2,1-2H3,(H,20,22)/t13-,14+,15+,17+/m1/s1. The number of furan rings is 1. The van der Waals surface area contributed by atoms with Crippen molar-refractivity contribution in [2.24, 2.45) is 17.8 Å². The molecule has 0 bridgehead atoms. The van der Waals surface area contributed by atoms with Gasteiger partial charge in [-0.25, -0.2) is 0 Å². The van der Waals surface area contributed by atoms with Gasteiger partial charge in [0.05, 0.1) is 17.7 Å². The van der Waals surface area contributed by atoms with Gasteiger partial charge in [0.25, 0.3) is 5.91 Å². The third kappa shape index (κ3) is 3.65. The maximum atomic E-state index is 12.7. The summed E-state index contributed by atoms with van der Waals surface area (Å²) in [5.74, 6) is 1.16. The van der Waals surface area contributed by atoms with Gasteiger partial charge in [0.2, 0.25) is 5.91 Å². The maximum Gasteiger partial charge on any atom is 0.257 e. The molecular weight excluding hydrogens is 304 g/mol. The van der Waals surface area contributed by atoms with E-state index >= 15 is 0 Å². The van der Waals surface area contributed by atoms with Crippen LogP contribution in [0.4, 0.5) is 0 Å². The number of nitrogens with zero attached hydrogens (tertiary/aromatic N) is 1. The van der Waals surface area contributed by atoms with Crippen molar-refractivity contribution in [3.63, 3.8) is 0 Å². The summed E-state index contributed by atoms with van der Waals surface area (Å²) >= 11 is 0. The molecule has 2 fully saturated rings. The van der Waals surface area contributed by atoms with E-state index in [0.29, 0.717) is 30.5 Å². The van der Waals surface area contributed by atoms with Gasteiger partial charge in [-0.2, -0.15) is 0 Å². The highest BCUT2D eigenvalue weighted by Crippen LogP contribution is 2.30. The van der Waals surface area contributed by atoms with Crippen LogP contribution in [0.3, 0.4) is 0 Å². The molecule has 0 aromatic carbocycles.